The molecule has 3 rings (SSSR count). The average molecular weight is 363 g/mol. The first-order valence-electron chi connectivity index (χ1n) is 8.03. The van der Waals surface area contributed by atoms with Gasteiger partial charge < -0.3 is 5.32 Å². The van der Waals surface area contributed by atoms with Gasteiger partial charge in [0.05, 0.1) is 17.8 Å². The Bertz CT molecular complexity index is 805. The molecule has 0 radical (unpaired) electrons. The van der Waals surface area contributed by atoms with Crippen LogP contribution in [0, 0.1) is 6.92 Å². The number of nitrogens with one attached hydrogen (secondary N) is 1. The van der Waals surface area contributed by atoms with Crippen LogP contribution in [0.3, 0.4) is 0 Å². The molecule has 1 atom stereocenters. The van der Waals surface area contributed by atoms with Gasteiger partial charge in [0.25, 0.3) is 11.8 Å². The van der Waals surface area contributed by atoms with Crippen molar-refractivity contribution in [2.75, 3.05) is 6.54 Å². The summed E-state index contributed by atoms with van der Waals surface area (Å²) in [6.45, 7) is 2.52. The molecule has 8 heteroatoms. The summed E-state index contributed by atoms with van der Waals surface area (Å²) >= 11 is 5.98. The molecule has 2 aromatic rings. The second kappa shape index (κ2) is 7.25. The molecule has 2 N–H and O–H groups in total. The average Bonchev–Trinajstić information content (AvgIpc) is 2.92. The van der Waals surface area contributed by atoms with Crippen LogP contribution in [0.5, 0.6) is 0 Å². The number of aryl methyl sites for hydroxylation is 1. The summed E-state index contributed by atoms with van der Waals surface area (Å²) in [5.41, 5.74) is 1.95. The summed E-state index contributed by atoms with van der Waals surface area (Å²) < 4.78 is 1.66. The van der Waals surface area contributed by atoms with Crippen LogP contribution in [0.15, 0.2) is 30.5 Å². The summed E-state index contributed by atoms with van der Waals surface area (Å²) in [6, 6.07) is 6.72. The molecule has 1 saturated heterocycles. The van der Waals surface area contributed by atoms with Crippen molar-refractivity contribution in [1.82, 2.24) is 20.2 Å². The predicted octanol–water partition coefficient (Wildman–Crippen LogP) is 2.00. The number of benzene rings is 1. The van der Waals surface area contributed by atoms with E-state index in [2.05, 4.69) is 10.4 Å². The van der Waals surface area contributed by atoms with Gasteiger partial charge in [-0.25, -0.2) is 5.06 Å². The number of carbonyl (C=O) groups excluding carboxylic acids is 2. The zero-order valence-corrected chi connectivity index (χ0v) is 14.5. The lowest BCUT2D eigenvalue weighted by atomic mass is 10.1. The van der Waals surface area contributed by atoms with Crippen molar-refractivity contribution >= 4 is 23.4 Å². The Morgan fingerprint density at radius 1 is 1.48 bits per heavy atom. The van der Waals surface area contributed by atoms with Crippen molar-refractivity contribution in [2.45, 2.75) is 32.4 Å². The number of amides is 2. The second-order valence-corrected chi connectivity index (χ2v) is 6.52. The zero-order chi connectivity index (χ0) is 18.0. The molecule has 0 aliphatic carbocycles. The lowest BCUT2D eigenvalue weighted by Gasteiger charge is -2.27. The number of aromatic nitrogens is 2. The molecule has 1 unspecified atom stereocenters. The summed E-state index contributed by atoms with van der Waals surface area (Å²) in [6.07, 6.45) is 2.80. The van der Waals surface area contributed by atoms with Gasteiger partial charge in [-0.05, 0) is 37.5 Å². The number of hydrogen-bond donors (Lipinski definition) is 2. The number of hydroxylamine groups is 2. The van der Waals surface area contributed by atoms with E-state index in [-0.39, 0.29) is 5.91 Å². The summed E-state index contributed by atoms with van der Waals surface area (Å²) in [5, 5.41) is 17.8. The molecule has 2 heterocycles. The van der Waals surface area contributed by atoms with Gasteiger partial charge in [0.2, 0.25) is 0 Å². The van der Waals surface area contributed by atoms with E-state index in [1.807, 2.05) is 18.2 Å². The van der Waals surface area contributed by atoms with Crippen LogP contribution >= 0.6 is 11.6 Å². The van der Waals surface area contributed by atoms with E-state index in [0.717, 1.165) is 5.56 Å². The summed E-state index contributed by atoms with van der Waals surface area (Å²) in [5.74, 6) is -0.855. The maximum atomic E-state index is 12.5. The minimum Gasteiger partial charge on any atom is -0.340 e. The van der Waals surface area contributed by atoms with Gasteiger partial charge in [0.15, 0.2) is 0 Å². The molecule has 0 spiro atoms. The molecule has 1 aromatic carbocycles. The Labute approximate surface area is 150 Å². The number of hydrogen-bond acceptors (Lipinski definition) is 4. The quantitative estimate of drug-likeness (QED) is 0.814. The van der Waals surface area contributed by atoms with E-state index in [0.29, 0.717) is 47.3 Å². The zero-order valence-electron chi connectivity index (χ0n) is 13.8. The number of nitrogens with zero attached hydrogens (tertiary/aromatic N) is 3. The molecule has 0 bridgehead atoms. The topological polar surface area (TPSA) is 87.5 Å². The molecule has 2 amide bonds. The van der Waals surface area contributed by atoms with E-state index in [1.54, 1.807) is 23.9 Å². The fourth-order valence-corrected chi connectivity index (χ4v) is 3.09. The van der Waals surface area contributed by atoms with Crippen LogP contribution in [0.2, 0.25) is 5.02 Å². The van der Waals surface area contributed by atoms with Crippen LogP contribution in [0.25, 0.3) is 0 Å². The van der Waals surface area contributed by atoms with Crippen molar-refractivity contribution in [1.29, 1.82) is 0 Å². The van der Waals surface area contributed by atoms with Crippen molar-refractivity contribution in [3.8, 4) is 0 Å². The maximum absolute atomic E-state index is 12.5. The largest absolute Gasteiger partial charge is 0.340 e. The Morgan fingerprint density at radius 3 is 3.04 bits per heavy atom. The molecule has 0 saturated carbocycles. The third-order valence-corrected chi connectivity index (χ3v) is 4.38. The van der Waals surface area contributed by atoms with E-state index in [1.165, 1.54) is 0 Å². The maximum Gasteiger partial charge on any atom is 0.268 e. The highest BCUT2D eigenvalue weighted by molar-refractivity contribution is 6.30. The van der Waals surface area contributed by atoms with Crippen LogP contribution in [0.1, 0.15) is 34.5 Å². The fourth-order valence-electron chi connectivity index (χ4n) is 2.87. The number of rotatable bonds is 4. The minimum atomic E-state index is -0.707. The van der Waals surface area contributed by atoms with Gasteiger partial charge in [0.1, 0.15) is 6.04 Å². The van der Waals surface area contributed by atoms with Crippen LogP contribution in [0.4, 0.5) is 0 Å². The van der Waals surface area contributed by atoms with Crippen molar-refractivity contribution < 1.29 is 14.8 Å². The minimum absolute atomic E-state index is 0.293. The van der Waals surface area contributed by atoms with Gasteiger partial charge in [-0.2, -0.15) is 5.10 Å². The summed E-state index contributed by atoms with van der Waals surface area (Å²) in [7, 11) is 0. The molecule has 1 aromatic heterocycles. The molecular weight excluding hydrogens is 344 g/mol. The Morgan fingerprint density at radius 2 is 2.28 bits per heavy atom. The first kappa shape index (κ1) is 17.4. The third-order valence-electron chi connectivity index (χ3n) is 4.15. The van der Waals surface area contributed by atoms with E-state index in [9.17, 15) is 14.8 Å². The van der Waals surface area contributed by atoms with Gasteiger partial charge in [-0.15, -0.1) is 0 Å². The number of halogens is 1. The smallest absolute Gasteiger partial charge is 0.268 e. The SMILES string of the molecule is Cc1nn(Cc2cccc(Cl)c2)cc1C(=O)NC1CCCN(O)C1=O. The van der Waals surface area contributed by atoms with Gasteiger partial charge >= 0.3 is 0 Å². The molecule has 1 fully saturated rings. The van der Waals surface area contributed by atoms with Crippen molar-refractivity contribution in [3.05, 3.63) is 52.3 Å². The van der Waals surface area contributed by atoms with E-state index in [4.69, 9.17) is 11.6 Å². The monoisotopic (exact) mass is 362 g/mol. The molecule has 7 nitrogen and oxygen atoms in total. The van der Waals surface area contributed by atoms with Crippen molar-refractivity contribution in [3.63, 3.8) is 0 Å². The second-order valence-electron chi connectivity index (χ2n) is 6.09. The van der Waals surface area contributed by atoms with Crippen LogP contribution in [-0.2, 0) is 11.3 Å². The lowest BCUT2D eigenvalue weighted by molar-refractivity contribution is -0.172. The molecular formula is C17H19ClN4O3. The van der Waals surface area contributed by atoms with E-state index >= 15 is 0 Å². The van der Waals surface area contributed by atoms with Crippen LogP contribution < -0.4 is 5.32 Å². The van der Waals surface area contributed by atoms with Crippen molar-refractivity contribution in [2.24, 2.45) is 0 Å². The Hall–Kier alpha value is -2.38. The molecule has 1 aliphatic heterocycles. The van der Waals surface area contributed by atoms with E-state index < -0.39 is 11.9 Å². The highest BCUT2D eigenvalue weighted by Crippen LogP contribution is 2.15. The van der Waals surface area contributed by atoms with Gasteiger partial charge in [0, 0.05) is 17.8 Å². The number of piperidine rings is 1. The normalized spacial score (nSPS) is 17.6. The highest BCUT2D eigenvalue weighted by atomic mass is 35.5. The number of carbonyl (C=O) groups is 2. The molecule has 25 heavy (non-hydrogen) atoms. The lowest BCUT2D eigenvalue weighted by Crippen LogP contribution is -2.51. The van der Waals surface area contributed by atoms with Gasteiger partial charge in [-0.3, -0.25) is 19.5 Å². The first-order valence-corrected chi connectivity index (χ1v) is 8.41. The Balaban J connectivity index is 1.71. The highest BCUT2D eigenvalue weighted by Gasteiger charge is 2.30. The Kier molecular flexibility index (Phi) is 5.06. The molecule has 132 valence electrons. The van der Waals surface area contributed by atoms with Crippen LogP contribution in [-0.4, -0.2) is 44.5 Å². The fraction of sp³-hybridized carbons (Fsp3) is 0.353. The summed E-state index contributed by atoms with van der Waals surface area (Å²) in [4.78, 5) is 24.4. The molecule has 1 aliphatic rings. The third kappa shape index (κ3) is 4.00. The van der Waals surface area contributed by atoms with Gasteiger partial charge in [-0.1, -0.05) is 23.7 Å². The first-order chi connectivity index (χ1) is 11.9. The predicted molar refractivity (Wildman–Crippen MR) is 91.5 cm³/mol. The standard InChI is InChI=1S/C17H19ClN4O3/c1-11-14(16(23)19-15-6-3-7-22(25)17(15)24)10-21(20-11)9-12-4-2-5-13(18)8-12/h2,4-5,8,10,15,25H,3,6-7,9H2,1H3,(H,19,23).